The van der Waals surface area contributed by atoms with Gasteiger partial charge in [-0.3, -0.25) is 54.2 Å². The molecule has 0 aliphatic carbocycles. The summed E-state index contributed by atoms with van der Waals surface area (Å²) in [5, 5.41) is 28.4. The molecule has 4 aromatic heterocycles. The van der Waals surface area contributed by atoms with Gasteiger partial charge >= 0.3 is 30.7 Å². The predicted octanol–water partition coefficient (Wildman–Crippen LogP) is 17.9. The van der Waals surface area contributed by atoms with Gasteiger partial charge in [-0.15, -0.1) is 0 Å². The number of H-pyrrole nitrogens is 4. The van der Waals surface area contributed by atoms with Crippen LogP contribution in [0.25, 0.3) is 0 Å². The second-order valence-electron chi connectivity index (χ2n) is 36.7. The number of nitrogens with one attached hydrogen (secondary N) is 4. The zero-order chi connectivity index (χ0) is 96.7. The second kappa shape index (κ2) is 40.0. The number of carbonyl (C=O) groups is 6. The van der Waals surface area contributed by atoms with Gasteiger partial charge < -0.3 is 34.3 Å². The Morgan fingerprint density at radius 3 is 1.09 bits per heavy atom. The van der Waals surface area contributed by atoms with Gasteiger partial charge in [-0.25, -0.2) is 39.9 Å². The molecule has 0 bridgehead atoms. The third kappa shape index (κ3) is 21.9. The van der Waals surface area contributed by atoms with Crippen molar-refractivity contribution in [2.75, 3.05) is 98.2 Å². The first-order valence-electron chi connectivity index (χ1n) is 44.6. The Balaban J connectivity index is 0.000000144. The minimum Gasteiger partial charge on any atom is -0.337 e. The van der Waals surface area contributed by atoms with Crippen molar-refractivity contribution in [1.82, 2.24) is 84.9 Å². The van der Waals surface area contributed by atoms with Gasteiger partial charge in [0.25, 0.3) is 23.6 Å². The standard InChI is InChI=1S/C24H26F5N5O2.C24H29F5N4O.C22H25F5N4O.C21H21F5N4O2/c25-17-5-4-15(19(20(17)26)24(27,28)29)14-6-10-32(11-7-14)22(35)21-16-12-34(13-18(16)30-31-21)23(36)33-8-2-1-3-9-33;1-23(2,3)13-32-9-8-16-18(12-32)30-31-21(16)22(34)33-10-6-14(7-11-33)15-4-5-17(25)20(26)19(15)24(27,28)29;1-2-6-30-7-5-18-16(12-30)20(29-28-18)21(32)31-8-3-13(4-9-31)15-10-14(23)11-17(24)19(15)22(25,26)27;1-11(31)30-7-4-14-17(10-30)27-28-19(14)20(32)29-5-2-12(3-6-29)15-8-13(22)9-16(23)18(15)21(24,25)26/h4-5,14H,1-3,6-13H2,(H,30,31);4-5,14H,6-13H2,1-3H3,(H,30,31);10-11,13H,2-9,12H2,1H3,(H,28,29);8-9,12H,2-7,10H2,1H3,(H,27,28). The highest BCUT2D eigenvalue weighted by molar-refractivity contribution is 5.96. The van der Waals surface area contributed by atoms with E-state index in [0.717, 1.165) is 130 Å². The number of aromatic amines is 4. The number of likely N-dealkylation sites (tertiary alicyclic amines) is 5. The summed E-state index contributed by atoms with van der Waals surface area (Å²) in [5.74, 6) is -16.2. The molecular weight excluding hydrogens is 1810 g/mol. The Hall–Kier alpha value is -11.1. The highest BCUT2D eigenvalue weighted by Gasteiger charge is 2.47. The minimum atomic E-state index is -5.03. The molecular formula is C91H101F20N17O6. The van der Waals surface area contributed by atoms with E-state index >= 15 is 0 Å². The summed E-state index contributed by atoms with van der Waals surface area (Å²) in [4.78, 5) is 92.7. The summed E-state index contributed by atoms with van der Waals surface area (Å²) < 4.78 is 271. The van der Waals surface area contributed by atoms with Gasteiger partial charge in [0.2, 0.25) is 5.91 Å². The molecule has 0 spiro atoms. The molecule has 23 nitrogen and oxygen atoms in total. The molecule has 726 valence electrons. The van der Waals surface area contributed by atoms with Crippen molar-refractivity contribution in [3.63, 3.8) is 0 Å². The van der Waals surface area contributed by atoms with E-state index in [4.69, 9.17) is 0 Å². The fraction of sp³-hybridized carbons (Fsp3) is 0.538. The van der Waals surface area contributed by atoms with Gasteiger partial charge in [-0.1, -0.05) is 39.8 Å². The number of hydrogen-bond donors (Lipinski definition) is 4. The molecule has 9 aliphatic rings. The minimum absolute atomic E-state index is 0.0643. The van der Waals surface area contributed by atoms with Crippen LogP contribution in [0.3, 0.4) is 0 Å². The topological polar surface area (TPSA) is 246 Å². The molecule has 5 fully saturated rings. The summed E-state index contributed by atoms with van der Waals surface area (Å²) in [6.07, 6.45) is -12.4. The van der Waals surface area contributed by atoms with Crippen LogP contribution in [0.1, 0.15) is 267 Å². The number of fused-ring (bicyclic) bond motifs is 4. The van der Waals surface area contributed by atoms with Crippen LogP contribution < -0.4 is 0 Å². The fourth-order valence-corrected chi connectivity index (χ4v) is 19.9. The fourth-order valence-electron chi connectivity index (χ4n) is 19.9. The van der Waals surface area contributed by atoms with Gasteiger partial charge in [0.05, 0.1) is 59.0 Å². The average Bonchev–Trinajstić information content (AvgIpc) is 1.66. The van der Waals surface area contributed by atoms with Gasteiger partial charge in [-0.2, -0.15) is 73.1 Å². The summed E-state index contributed by atoms with van der Waals surface area (Å²) in [6, 6.07) is 5.36. The number of amides is 7. The first-order chi connectivity index (χ1) is 63.2. The monoisotopic (exact) mass is 1910 g/mol. The van der Waals surface area contributed by atoms with Gasteiger partial charge in [0.15, 0.2) is 46.0 Å². The number of urea groups is 1. The molecule has 9 aliphatic heterocycles. The van der Waals surface area contributed by atoms with E-state index in [1.807, 2.05) is 4.90 Å². The van der Waals surface area contributed by atoms with Crippen LogP contribution in [0.5, 0.6) is 0 Å². The Bertz CT molecular complexity index is 5640. The lowest BCUT2D eigenvalue weighted by Crippen LogP contribution is -2.43. The number of carbonyl (C=O) groups excluding carboxylic acids is 6. The molecule has 4 aromatic carbocycles. The smallest absolute Gasteiger partial charge is 0.337 e. The van der Waals surface area contributed by atoms with Crippen molar-refractivity contribution in [1.29, 1.82) is 0 Å². The molecule has 7 amide bonds. The summed E-state index contributed by atoms with van der Waals surface area (Å²) in [5.41, 5.74) is 0.449. The lowest BCUT2D eigenvalue weighted by molar-refractivity contribution is -0.142. The van der Waals surface area contributed by atoms with Crippen molar-refractivity contribution >= 4 is 35.6 Å². The van der Waals surface area contributed by atoms with Crippen LogP contribution in [0.2, 0.25) is 0 Å². The van der Waals surface area contributed by atoms with Crippen LogP contribution in [0.4, 0.5) is 92.6 Å². The van der Waals surface area contributed by atoms with Crippen LogP contribution in [-0.4, -0.2) is 219 Å². The SMILES string of the molecule is CC(=O)N1CCc2c(C(=O)N3CCC(c4cc(F)cc(F)c4C(F)(F)F)CC3)n[nH]c2C1.CC(C)(C)CN1CCc2c(C(=O)N3CCC(c4ccc(F)c(F)c4C(F)(F)F)CC3)n[nH]c2C1.CCCN1CCc2[nH]nc(C(=O)N3CCC(c4cc(F)cc(F)c4C(F)(F)F)CC3)c2C1.O=C(c1n[nH]c2c1CN(C(=O)N1CCCCC1)C2)N1CCC(c2ccc(F)c(F)c2C(F)(F)F)CC1. The van der Waals surface area contributed by atoms with Gasteiger partial charge in [-0.05, 0) is 172 Å². The quantitative estimate of drug-likeness (QED) is 0.0883. The number of benzene rings is 4. The number of nitrogens with zero attached hydrogens (tertiary/aromatic N) is 13. The van der Waals surface area contributed by atoms with E-state index in [-0.39, 0.29) is 191 Å². The summed E-state index contributed by atoms with van der Waals surface area (Å²) in [7, 11) is 0. The molecule has 13 heterocycles. The van der Waals surface area contributed by atoms with Crippen LogP contribution >= 0.6 is 0 Å². The van der Waals surface area contributed by atoms with Crippen molar-refractivity contribution < 1.29 is 117 Å². The first kappa shape index (κ1) is 98.8. The maximum atomic E-state index is 14.0. The van der Waals surface area contributed by atoms with Crippen molar-refractivity contribution in [2.45, 2.75) is 212 Å². The molecule has 0 radical (unpaired) electrons. The van der Waals surface area contributed by atoms with E-state index in [9.17, 15) is 117 Å². The molecule has 0 saturated carbocycles. The Morgan fingerprint density at radius 1 is 0.351 bits per heavy atom. The van der Waals surface area contributed by atoms with E-state index in [0.29, 0.717) is 80.0 Å². The maximum Gasteiger partial charge on any atom is 0.419 e. The summed E-state index contributed by atoms with van der Waals surface area (Å²) >= 11 is 0. The third-order valence-electron chi connectivity index (χ3n) is 26.4. The molecule has 43 heteroatoms. The number of rotatable bonds is 11. The predicted molar refractivity (Wildman–Crippen MR) is 444 cm³/mol. The molecule has 5 saturated heterocycles. The van der Waals surface area contributed by atoms with Gasteiger partial charge in [0, 0.05) is 158 Å². The van der Waals surface area contributed by atoms with E-state index in [1.165, 1.54) is 16.7 Å². The van der Waals surface area contributed by atoms with E-state index in [1.54, 1.807) is 19.6 Å². The second-order valence-corrected chi connectivity index (χ2v) is 36.7. The largest absolute Gasteiger partial charge is 0.419 e. The highest BCUT2D eigenvalue weighted by Crippen LogP contribution is 2.47. The maximum absolute atomic E-state index is 14.0. The van der Waals surface area contributed by atoms with Crippen LogP contribution in [0.15, 0.2) is 48.5 Å². The normalized spacial score (nSPS) is 18.3. The molecule has 17 rings (SSSR count). The lowest BCUT2D eigenvalue weighted by atomic mass is 9.85. The molecule has 4 N–H and O–H groups in total. The zero-order valence-electron chi connectivity index (χ0n) is 74.0. The molecule has 134 heavy (non-hydrogen) atoms. The Kier molecular flexibility index (Phi) is 29.5. The first-order valence-corrected chi connectivity index (χ1v) is 44.6. The molecule has 0 atom stereocenters. The van der Waals surface area contributed by atoms with E-state index in [2.05, 4.69) is 78.3 Å². The lowest BCUT2D eigenvalue weighted by Gasteiger charge is -2.34. The Labute approximate surface area is 757 Å². The van der Waals surface area contributed by atoms with Crippen LogP contribution in [-0.2, 0) is 81.5 Å². The van der Waals surface area contributed by atoms with Gasteiger partial charge in [0.1, 0.15) is 23.3 Å². The Morgan fingerprint density at radius 2 is 0.701 bits per heavy atom. The van der Waals surface area contributed by atoms with Crippen molar-refractivity contribution in [2.24, 2.45) is 5.41 Å². The van der Waals surface area contributed by atoms with Crippen molar-refractivity contribution in [3.8, 4) is 0 Å². The highest BCUT2D eigenvalue weighted by atomic mass is 19.4. The zero-order valence-corrected chi connectivity index (χ0v) is 74.0. The number of piperidine rings is 5. The van der Waals surface area contributed by atoms with E-state index < -0.39 is 123 Å². The molecule has 0 unspecified atom stereocenters. The number of halogens is 20. The van der Waals surface area contributed by atoms with Crippen LogP contribution in [0, 0.1) is 52.0 Å². The number of aromatic nitrogens is 8. The third-order valence-corrected chi connectivity index (χ3v) is 26.4. The van der Waals surface area contributed by atoms with Crippen molar-refractivity contribution in [3.05, 3.63) is 207 Å². The average molecular weight is 1910 g/mol. The number of alkyl halides is 12. The summed E-state index contributed by atoms with van der Waals surface area (Å²) in [6.45, 7) is 19.2. The number of hydrogen-bond acceptors (Lipinski definition) is 12. The molecule has 8 aromatic rings.